The second-order valence-corrected chi connectivity index (χ2v) is 7.04. The first-order chi connectivity index (χ1) is 13.9. The number of hydrogen-bond donors (Lipinski definition) is 1. The molecule has 2 heterocycles. The first kappa shape index (κ1) is 18.9. The summed E-state index contributed by atoms with van der Waals surface area (Å²) in [5.41, 5.74) is 9.47. The molecule has 2 aromatic heterocycles. The number of nitrogens with two attached hydrogens (primary N) is 1. The number of rotatable bonds is 4. The van der Waals surface area contributed by atoms with Gasteiger partial charge in [-0.25, -0.2) is 19.2 Å². The minimum absolute atomic E-state index is 0.117. The number of carbonyl (C=O) groups excluding carboxylic acids is 1. The molecule has 0 bridgehead atoms. The number of fused-ring (bicyclic) bond motifs is 2. The van der Waals surface area contributed by atoms with Crippen molar-refractivity contribution in [2.75, 3.05) is 5.73 Å². The number of esters is 1. The Morgan fingerprint density at radius 2 is 1.90 bits per heavy atom. The van der Waals surface area contributed by atoms with E-state index in [1.807, 2.05) is 38.1 Å². The van der Waals surface area contributed by atoms with Gasteiger partial charge in [-0.1, -0.05) is 25.1 Å². The van der Waals surface area contributed by atoms with Crippen molar-refractivity contribution >= 4 is 34.0 Å². The third kappa shape index (κ3) is 3.18. The summed E-state index contributed by atoms with van der Waals surface area (Å²) < 4.78 is 21.3. The third-order valence-electron chi connectivity index (χ3n) is 5.00. The highest BCUT2D eigenvalue weighted by molar-refractivity contribution is 6.09. The lowest BCUT2D eigenvalue weighted by molar-refractivity contribution is 0.0338. The summed E-state index contributed by atoms with van der Waals surface area (Å²) in [5, 5.41) is 0. The Balaban J connectivity index is 2.04. The molecule has 0 spiro atoms. The molecule has 7 heteroatoms. The molecule has 0 aliphatic rings. The maximum Gasteiger partial charge on any atom is 0.344 e. The van der Waals surface area contributed by atoms with Crippen molar-refractivity contribution in [3.05, 3.63) is 59.4 Å². The van der Waals surface area contributed by atoms with Crippen LogP contribution >= 0.6 is 0 Å². The Hall–Kier alpha value is -3.48. The Labute approximate surface area is 167 Å². The van der Waals surface area contributed by atoms with Crippen molar-refractivity contribution in [1.29, 1.82) is 0 Å². The van der Waals surface area contributed by atoms with E-state index in [0.717, 1.165) is 0 Å². The molecule has 0 saturated carbocycles. The number of nitrogen functional groups attached to an aromatic ring is 1. The van der Waals surface area contributed by atoms with Crippen LogP contribution in [-0.4, -0.2) is 26.6 Å². The predicted molar refractivity (Wildman–Crippen MR) is 111 cm³/mol. The van der Waals surface area contributed by atoms with Crippen LogP contribution in [0.3, 0.4) is 0 Å². The zero-order valence-electron chi connectivity index (χ0n) is 16.4. The number of benzene rings is 2. The molecule has 0 radical (unpaired) electrons. The molecule has 2 aromatic carbocycles. The molecule has 0 fully saturated rings. The van der Waals surface area contributed by atoms with Gasteiger partial charge < -0.3 is 10.5 Å². The summed E-state index contributed by atoms with van der Waals surface area (Å²) in [6, 6.07) is 12.1. The molecular weight excluding hydrogens is 371 g/mol. The Morgan fingerprint density at radius 3 is 2.55 bits per heavy atom. The molecule has 1 unspecified atom stereocenters. The van der Waals surface area contributed by atoms with Gasteiger partial charge in [0.15, 0.2) is 5.65 Å². The highest BCUT2D eigenvalue weighted by Crippen LogP contribution is 2.32. The summed E-state index contributed by atoms with van der Waals surface area (Å²) in [7, 11) is 0. The molecule has 2 N–H and O–H groups in total. The van der Waals surface area contributed by atoms with E-state index in [4.69, 9.17) is 10.5 Å². The lowest BCUT2D eigenvalue weighted by atomic mass is 10.2. The second-order valence-electron chi connectivity index (χ2n) is 7.04. The van der Waals surface area contributed by atoms with Crippen LogP contribution in [-0.2, 0) is 4.74 Å². The summed E-state index contributed by atoms with van der Waals surface area (Å²) in [6.45, 7) is 5.41. The quantitative estimate of drug-likeness (QED) is 0.515. The van der Waals surface area contributed by atoms with Gasteiger partial charge in [-0.3, -0.25) is 4.57 Å². The molecule has 0 aliphatic heterocycles. The summed E-state index contributed by atoms with van der Waals surface area (Å²) in [4.78, 5) is 22.2. The Kier molecular flexibility index (Phi) is 4.66. The minimum Gasteiger partial charge on any atom is -0.459 e. The number of para-hydroxylation sites is 2. The van der Waals surface area contributed by atoms with Gasteiger partial charge in [-0.15, -0.1) is 0 Å². The number of hydrogen-bond acceptors (Lipinski definition) is 5. The van der Waals surface area contributed by atoms with Crippen LogP contribution in [0.15, 0.2) is 42.5 Å². The fraction of sp³-hybridized carbons (Fsp3) is 0.227. The molecule has 6 nitrogen and oxygen atoms in total. The first-order valence-corrected chi connectivity index (χ1v) is 9.44. The van der Waals surface area contributed by atoms with Crippen molar-refractivity contribution in [1.82, 2.24) is 14.5 Å². The second kappa shape index (κ2) is 7.16. The maximum absolute atomic E-state index is 14.3. The van der Waals surface area contributed by atoms with E-state index in [-0.39, 0.29) is 23.3 Å². The molecule has 0 saturated heterocycles. The van der Waals surface area contributed by atoms with Crippen LogP contribution in [0.4, 0.5) is 10.2 Å². The highest BCUT2D eigenvalue weighted by Gasteiger charge is 2.27. The smallest absolute Gasteiger partial charge is 0.344 e. The van der Waals surface area contributed by atoms with Crippen molar-refractivity contribution in [2.45, 2.75) is 33.3 Å². The number of aromatic nitrogens is 3. The van der Waals surface area contributed by atoms with E-state index in [1.54, 1.807) is 23.6 Å². The molecule has 4 rings (SSSR count). The van der Waals surface area contributed by atoms with Crippen LogP contribution in [0.25, 0.3) is 27.9 Å². The number of halogens is 1. The number of anilines is 1. The maximum atomic E-state index is 14.3. The number of ether oxygens (including phenoxy) is 1. The van der Waals surface area contributed by atoms with Crippen LogP contribution in [0.2, 0.25) is 0 Å². The lowest BCUT2D eigenvalue weighted by Crippen LogP contribution is -2.15. The molecule has 0 aliphatic carbocycles. The van der Waals surface area contributed by atoms with Gasteiger partial charge in [-0.2, -0.15) is 0 Å². The van der Waals surface area contributed by atoms with Gasteiger partial charge in [-0.05, 0) is 50.1 Å². The molecule has 1 atom stereocenters. The van der Waals surface area contributed by atoms with E-state index in [1.165, 1.54) is 6.07 Å². The van der Waals surface area contributed by atoms with Crippen LogP contribution in [0.1, 0.15) is 36.2 Å². The van der Waals surface area contributed by atoms with Crippen molar-refractivity contribution in [3.8, 4) is 5.69 Å². The van der Waals surface area contributed by atoms with Gasteiger partial charge in [0.05, 0.1) is 22.8 Å². The van der Waals surface area contributed by atoms with E-state index < -0.39 is 5.97 Å². The van der Waals surface area contributed by atoms with Gasteiger partial charge >= 0.3 is 5.97 Å². The standard InChI is InChI=1S/C22H21FN4O2/c1-4-13(3)29-22(28)18-19-21(26-17-8-6-5-7-16(17)25-19)27(20(18)24)14-10-9-12(2)15(23)11-14/h5-11,13H,4,24H2,1-3H3. The third-order valence-corrected chi connectivity index (χ3v) is 5.00. The highest BCUT2D eigenvalue weighted by atomic mass is 19.1. The minimum atomic E-state index is -0.572. The van der Waals surface area contributed by atoms with Gasteiger partial charge in [0, 0.05) is 0 Å². The summed E-state index contributed by atoms with van der Waals surface area (Å²) in [6.07, 6.45) is 0.396. The molecule has 0 amide bonds. The fourth-order valence-electron chi connectivity index (χ4n) is 3.17. The number of nitrogens with zero attached hydrogens (tertiary/aromatic N) is 3. The van der Waals surface area contributed by atoms with Crippen molar-refractivity contribution in [3.63, 3.8) is 0 Å². The fourth-order valence-corrected chi connectivity index (χ4v) is 3.17. The van der Waals surface area contributed by atoms with E-state index in [2.05, 4.69) is 9.97 Å². The average Bonchev–Trinajstić information content (AvgIpc) is 2.99. The monoisotopic (exact) mass is 392 g/mol. The van der Waals surface area contributed by atoms with Crippen LogP contribution in [0, 0.1) is 12.7 Å². The first-order valence-electron chi connectivity index (χ1n) is 9.44. The topological polar surface area (TPSA) is 83.0 Å². The molecule has 4 aromatic rings. The van der Waals surface area contributed by atoms with Gasteiger partial charge in [0.2, 0.25) is 0 Å². The van der Waals surface area contributed by atoms with E-state index in [0.29, 0.717) is 39.9 Å². The van der Waals surface area contributed by atoms with Crippen LogP contribution in [0.5, 0.6) is 0 Å². The number of aryl methyl sites for hydroxylation is 1. The van der Waals surface area contributed by atoms with Gasteiger partial charge in [0.1, 0.15) is 22.7 Å². The van der Waals surface area contributed by atoms with Crippen molar-refractivity contribution < 1.29 is 13.9 Å². The largest absolute Gasteiger partial charge is 0.459 e. The average molecular weight is 392 g/mol. The van der Waals surface area contributed by atoms with Crippen molar-refractivity contribution in [2.24, 2.45) is 0 Å². The van der Waals surface area contributed by atoms with Gasteiger partial charge in [0.25, 0.3) is 0 Å². The Bertz CT molecular complexity index is 1250. The zero-order chi connectivity index (χ0) is 20.7. The lowest BCUT2D eigenvalue weighted by Gasteiger charge is -2.11. The predicted octanol–water partition coefficient (Wildman–Crippen LogP) is 4.56. The summed E-state index contributed by atoms with van der Waals surface area (Å²) >= 11 is 0. The zero-order valence-corrected chi connectivity index (χ0v) is 16.4. The Morgan fingerprint density at radius 1 is 1.21 bits per heavy atom. The number of carbonyl (C=O) groups is 1. The van der Waals surface area contributed by atoms with E-state index >= 15 is 0 Å². The van der Waals surface area contributed by atoms with Crippen LogP contribution < -0.4 is 5.73 Å². The molecule has 29 heavy (non-hydrogen) atoms. The molecular formula is C22H21FN4O2. The summed E-state index contributed by atoms with van der Waals surface area (Å²) in [5.74, 6) is -0.828. The molecule has 148 valence electrons. The van der Waals surface area contributed by atoms with E-state index in [9.17, 15) is 9.18 Å². The normalized spacial score (nSPS) is 12.4. The SMILES string of the molecule is CCC(C)OC(=O)c1c(N)n(-c2ccc(C)c(F)c2)c2nc3ccccc3nc12.